The van der Waals surface area contributed by atoms with Crippen LogP contribution < -0.4 is 5.32 Å². The van der Waals surface area contributed by atoms with Gasteiger partial charge in [-0.25, -0.2) is 0 Å². The number of amides is 1. The van der Waals surface area contributed by atoms with Gasteiger partial charge in [-0.2, -0.15) is 0 Å². The number of carbonyl (C=O) groups excluding carboxylic acids is 1. The molecule has 2 N–H and O–H groups in total. The molecule has 0 aliphatic carbocycles. The zero-order chi connectivity index (χ0) is 14.8. The highest BCUT2D eigenvalue weighted by atomic mass is 16.3. The van der Waals surface area contributed by atoms with E-state index >= 15 is 0 Å². The van der Waals surface area contributed by atoms with Crippen molar-refractivity contribution < 1.29 is 9.90 Å². The van der Waals surface area contributed by atoms with Crippen LogP contribution in [0.5, 0.6) is 5.75 Å². The van der Waals surface area contributed by atoms with Crippen molar-refractivity contribution in [1.29, 1.82) is 0 Å². The molecule has 2 aromatic rings. The molecule has 0 saturated carbocycles. The lowest BCUT2D eigenvalue weighted by molar-refractivity contribution is 0.0933. The smallest absolute Gasteiger partial charge is 0.255 e. The van der Waals surface area contributed by atoms with Gasteiger partial charge in [0, 0.05) is 11.9 Å². The number of benzene rings is 2. The lowest BCUT2D eigenvalue weighted by atomic mass is 9.90. The Morgan fingerprint density at radius 2 is 1.90 bits per heavy atom. The summed E-state index contributed by atoms with van der Waals surface area (Å²) in [5, 5.41) is 14.8. The van der Waals surface area contributed by atoms with E-state index in [0.29, 0.717) is 17.5 Å². The molecule has 0 aliphatic rings. The van der Waals surface area contributed by atoms with Crippen molar-refractivity contribution in [2.45, 2.75) is 27.2 Å². The quantitative estimate of drug-likeness (QED) is 0.890. The van der Waals surface area contributed by atoms with Gasteiger partial charge in [0.25, 0.3) is 5.91 Å². The fraction of sp³-hybridized carbons (Fsp3) is 0.353. The maximum atomic E-state index is 12.2. The Morgan fingerprint density at radius 3 is 2.60 bits per heavy atom. The van der Waals surface area contributed by atoms with E-state index in [1.165, 1.54) is 0 Å². The predicted molar refractivity (Wildman–Crippen MR) is 82.0 cm³/mol. The first kappa shape index (κ1) is 14.4. The minimum Gasteiger partial charge on any atom is -0.506 e. The Labute approximate surface area is 119 Å². The van der Waals surface area contributed by atoms with Gasteiger partial charge >= 0.3 is 0 Å². The van der Waals surface area contributed by atoms with Crippen molar-refractivity contribution in [1.82, 2.24) is 5.32 Å². The van der Waals surface area contributed by atoms with Crippen LogP contribution in [0.3, 0.4) is 0 Å². The van der Waals surface area contributed by atoms with E-state index in [1.807, 2.05) is 30.3 Å². The Kier molecular flexibility index (Phi) is 3.98. The molecule has 0 heterocycles. The Morgan fingerprint density at radius 1 is 1.20 bits per heavy atom. The highest BCUT2D eigenvalue weighted by Crippen LogP contribution is 2.28. The molecular formula is C17H21NO2. The fourth-order valence-corrected chi connectivity index (χ4v) is 1.98. The summed E-state index contributed by atoms with van der Waals surface area (Å²) in [6.45, 7) is 6.90. The first-order chi connectivity index (χ1) is 9.44. The van der Waals surface area contributed by atoms with Crippen LogP contribution in [0.4, 0.5) is 0 Å². The van der Waals surface area contributed by atoms with Gasteiger partial charge in [0.2, 0.25) is 0 Å². The van der Waals surface area contributed by atoms with Crippen molar-refractivity contribution >= 4 is 16.7 Å². The van der Waals surface area contributed by atoms with E-state index < -0.39 is 0 Å². The molecule has 0 unspecified atom stereocenters. The molecule has 2 rings (SSSR count). The molecule has 0 atom stereocenters. The van der Waals surface area contributed by atoms with E-state index in [4.69, 9.17) is 0 Å². The number of hydrogen-bond donors (Lipinski definition) is 2. The van der Waals surface area contributed by atoms with Gasteiger partial charge in [-0.1, -0.05) is 51.1 Å². The number of carbonyl (C=O) groups is 1. The van der Waals surface area contributed by atoms with Crippen molar-refractivity contribution in [3.05, 3.63) is 42.0 Å². The number of phenols is 1. The summed E-state index contributed by atoms with van der Waals surface area (Å²) in [6, 6.07) is 11.0. The molecule has 0 aliphatic heterocycles. The molecule has 1 amide bonds. The normalized spacial score (nSPS) is 11.6. The number of hydrogen-bond acceptors (Lipinski definition) is 2. The maximum absolute atomic E-state index is 12.2. The highest BCUT2D eigenvalue weighted by molar-refractivity contribution is 6.03. The van der Waals surface area contributed by atoms with Crippen molar-refractivity contribution in [2.75, 3.05) is 6.54 Å². The van der Waals surface area contributed by atoms with Crippen LogP contribution in [0, 0.1) is 5.41 Å². The van der Waals surface area contributed by atoms with Crippen molar-refractivity contribution in [3.8, 4) is 5.75 Å². The van der Waals surface area contributed by atoms with Gasteiger partial charge in [-0.15, -0.1) is 0 Å². The summed E-state index contributed by atoms with van der Waals surface area (Å²) >= 11 is 0. The monoisotopic (exact) mass is 271 g/mol. The molecule has 3 heteroatoms. The zero-order valence-electron chi connectivity index (χ0n) is 12.2. The van der Waals surface area contributed by atoms with E-state index in [1.54, 1.807) is 6.07 Å². The Hall–Kier alpha value is -2.03. The summed E-state index contributed by atoms with van der Waals surface area (Å²) in [7, 11) is 0. The predicted octanol–water partition coefficient (Wildman–Crippen LogP) is 3.71. The molecule has 0 fully saturated rings. The lowest BCUT2D eigenvalue weighted by Gasteiger charge is -2.23. The second-order valence-electron chi connectivity index (χ2n) is 5.88. The van der Waals surface area contributed by atoms with Crippen LogP contribution in [-0.4, -0.2) is 17.6 Å². The van der Waals surface area contributed by atoms with Crippen LogP contribution in [0.15, 0.2) is 36.4 Å². The largest absolute Gasteiger partial charge is 0.506 e. The third kappa shape index (κ3) is 2.93. The second kappa shape index (κ2) is 5.53. The summed E-state index contributed by atoms with van der Waals surface area (Å²) < 4.78 is 0. The average molecular weight is 271 g/mol. The SMILES string of the molecule is CCC(C)(C)CNC(=O)c1ccc2ccccc2c1O. The third-order valence-electron chi connectivity index (χ3n) is 3.83. The molecule has 20 heavy (non-hydrogen) atoms. The zero-order valence-corrected chi connectivity index (χ0v) is 12.2. The first-order valence-corrected chi connectivity index (χ1v) is 6.93. The standard InChI is InChI=1S/C17H21NO2/c1-4-17(2,3)11-18-16(20)14-10-9-12-7-5-6-8-13(12)15(14)19/h5-10,19H,4,11H2,1-3H3,(H,18,20). The molecule has 2 aromatic carbocycles. The van der Waals surface area contributed by atoms with Crippen LogP contribution in [0.2, 0.25) is 0 Å². The molecule has 106 valence electrons. The number of fused-ring (bicyclic) bond motifs is 1. The topological polar surface area (TPSA) is 49.3 Å². The molecule has 0 saturated heterocycles. The Balaban J connectivity index is 2.25. The van der Waals surface area contributed by atoms with Gasteiger partial charge < -0.3 is 10.4 Å². The van der Waals surface area contributed by atoms with Crippen molar-refractivity contribution in [3.63, 3.8) is 0 Å². The maximum Gasteiger partial charge on any atom is 0.255 e. The number of phenolic OH excluding ortho intramolecular Hbond substituents is 1. The number of nitrogens with one attached hydrogen (secondary N) is 1. The summed E-state index contributed by atoms with van der Waals surface area (Å²) in [4.78, 5) is 12.2. The summed E-state index contributed by atoms with van der Waals surface area (Å²) in [5.74, 6) is -0.176. The Bertz CT molecular complexity index is 632. The molecule has 0 aromatic heterocycles. The molecule has 0 radical (unpaired) electrons. The van der Waals surface area contributed by atoms with E-state index in [-0.39, 0.29) is 17.1 Å². The van der Waals surface area contributed by atoms with Gasteiger partial charge in [0.05, 0.1) is 5.56 Å². The average Bonchev–Trinajstić information content (AvgIpc) is 2.45. The van der Waals surface area contributed by atoms with Crippen LogP contribution in [0.25, 0.3) is 10.8 Å². The van der Waals surface area contributed by atoms with Gasteiger partial charge in [-0.05, 0) is 23.3 Å². The summed E-state index contributed by atoms with van der Waals surface area (Å²) in [5.41, 5.74) is 0.387. The number of rotatable bonds is 4. The first-order valence-electron chi connectivity index (χ1n) is 6.93. The van der Waals surface area contributed by atoms with Gasteiger partial charge in [-0.3, -0.25) is 4.79 Å². The van der Waals surface area contributed by atoms with E-state index in [2.05, 4.69) is 26.1 Å². The third-order valence-corrected chi connectivity index (χ3v) is 3.83. The molecular weight excluding hydrogens is 250 g/mol. The molecule has 0 spiro atoms. The summed E-state index contributed by atoms with van der Waals surface area (Å²) in [6.07, 6.45) is 0.983. The minimum absolute atomic E-state index is 0.0508. The second-order valence-corrected chi connectivity index (χ2v) is 5.88. The van der Waals surface area contributed by atoms with Gasteiger partial charge in [0.1, 0.15) is 5.75 Å². The van der Waals surface area contributed by atoms with Crippen molar-refractivity contribution in [2.24, 2.45) is 5.41 Å². The van der Waals surface area contributed by atoms with E-state index in [9.17, 15) is 9.90 Å². The lowest BCUT2D eigenvalue weighted by Crippen LogP contribution is -2.33. The fourth-order valence-electron chi connectivity index (χ4n) is 1.98. The number of aromatic hydroxyl groups is 1. The molecule has 3 nitrogen and oxygen atoms in total. The highest BCUT2D eigenvalue weighted by Gasteiger charge is 2.18. The van der Waals surface area contributed by atoms with Crippen LogP contribution in [0.1, 0.15) is 37.6 Å². The minimum atomic E-state index is -0.227. The van der Waals surface area contributed by atoms with Crippen LogP contribution >= 0.6 is 0 Å². The van der Waals surface area contributed by atoms with E-state index in [0.717, 1.165) is 11.8 Å². The van der Waals surface area contributed by atoms with Crippen LogP contribution in [-0.2, 0) is 0 Å². The molecule has 0 bridgehead atoms. The van der Waals surface area contributed by atoms with Gasteiger partial charge in [0.15, 0.2) is 0 Å².